The predicted octanol–water partition coefficient (Wildman–Crippen LogP) is 1.37. The van der Waals surface area contributed by atoms with E-state index in [1.165, 1.54) is 12.1 Å². The van der Waals surface area contributed by atoms with Gasteiger partial charge in [-0.15, -0.1) is 0 Å². The van der Waals surface area contributed by atoms with Crippen molar-refractivity contribution < 1.29 is 23.1 Å². The Morgan fingerprint density at radius 3 is 2.90 bits per heavy atom. The van der Waals surface area contributed by atoms with Crippen molar-refractivity contribution in [1.29, 1.82) is 0 Å². The van der Waals surface area contributed by atoms with Gasteiger partial charge in [-0.1, -0.05) is 12.1 Å². The van der Waals surface area contributed by atoms with Crippen LogP contribution in [-0.2, 0) is 20.5 Å². The topological polar surface area (TPSA) is 92.7 Å². The zero-order valence-electron chi connectivity index (χ0n) is 11.6. The number of hydrogen-bond acceptors (Lipinski definition) is 4. The molecule has 21 heavy (non-hydrogen) atoms. The van der Waals surface area contributed by atoms with Crippen molar-refractivity contribution >= 4 is 16.0 Å². The molecular weight excluding hydrogens is 294 g/mol. The van der Waals surface area contributed by atoms with E-state index in [0.29, 0.717) is 18.5 Å². The monoisotopic (exact) mass is 313 g/mol. The molecule has 0 bridgehead atoms. The summed E-state index contributed by atoms with van der Waals surface area (Å²) in [7, 11) is -3.47. The quantitative estimate of drug-likeness (QED) is 0.793. The first-order chi connectivity index (χ1) is 9.96. The molecule has 0 aromatic heterocycles. The molecule has 0 radical (unpaired) electrons. The molecule has 116 valence electrons. The van der Waals surface area contributed by atoms with Gasteiger partial charge in [0, 0.05) is 13.2 Å². The van der Waals surface area contributed by atoms with E-state index in [1.54, 1.807) is 12.1 Å². The average Bonchev–Trinajstić information content (AvgIpc) is 2.91. The number of hydrogen-bond donors (Lipinski definition) is 2. The highest BCUT2D eigenvalue weighted by Gasteiger charge is 2.17. The van der Waals surface area contributed by atoms with Gasteiger partial charge in [0.2, 0.25) is 10.0 Å². The van der Waals surface area contributed by atoms with Gasteiger partial charge in [-0.2, -0.15) is 0 Å². The summed E-state index contributed by atoms with van der Waals surface area (Å²) >= 11 is 0. The fraction of sp³-hybridized carbons (Fsp3) is 0.500. The van der Waals surface area contributed by atoms with E-state index in [0.717, 1.165) is 19.4 Å². The predicted molar refractivity (Wildman–Crippen MR) is 77.6 cm³/mol. The van der Waals surface area contributed by atoms with Crippen molar-refractivity contribution in [3.8, 4) is 0 Å². The molecule has 1 unspecified atom stereocenters. The minimum atomic E-state index is -3.47. The lowest BCUT2D eigenvalue weighted by Gasteiger charge is -2.10. The van der Waals surface area contributed by atoms with Crippen LogP contribution >= 0.6 is 0 Å². The van der Waals surface area contributed by atoms with Crippen LogP contribution in [-0.4, -0.2) is 38.7 Å². The van der Waals surface area contributed by atoms with Crippen LogP contribution in [0.4, 0.5) is 0 Å². The summed E-state index contributed by atoms with van der Waals surface area (Å²) in [5.41, 5.74) is 0.543. The van der Waals surface area contributed by atoms with Gasteiger partial charge in [-0.25, -0.2) is 17.9 Å². The molecule has 2 N–H and O–H groups in total. The molecule has 1 saturated heterocycles. The van der Waals surface area contributed by atoms with Crippen LogP contribution in [0.25, 0.3) is 0 Å². The average molecular weight is 313 g/mol. The first-order valence-electron chi connectivity index (χ1n) is 6.87. The lowest BCUT2D eigenvalue weighted by Crippen LogP contribution is -2.28. The van der Waals surface area contributed by atoms with Crippen LogP contribution in [0.3, 0.4) is 0 Å². The second kappa shape index (κ2) is 7.02. The maximum Gasteiger partial charge on any atom is 0.335 e. The number of carboxylic acid groups (broad SMARTS) is 1. The number of ether oxygens (including phenoxy) is 1. The number of rotatable bonds is 7. The molecule has 0 aliphatic carbocycles. The highest BCUT2D eigenvalue weighted by atomic mass is 32.2. The van der Waals surface area contributed by atoms with Crippen molar-refractivity contribution in [2.45, 2.75) is 31.1 Å². The van der Waals surface area contributed by atoms with Gasteiger partial charge >= 0.3 is 5.97 Å². The zero-order valence-corrected chi connectivity index (χ0v) is 12.4. The smallest absolute Gasteiger partial charge is 0.335 e. The third kappa shape index (κ3) is 5.11. The Morgan fingerprint density at radius 1 is 1.43 bits per heavy atom. The van der Waals surface area contributed by atoms with Gasteiger partial charge in [0.05, 0.1) is 17.4 Å². The zero-order chi connectivity index (χ0) is 15.3. The summed E-state index contributed by atoms with van der Waals surface area (Å²) < 4.78 is 31.9. The van der Waals surface area contributed by atoms with E-state index >= 15 is 0 Å². The largest absolute Gasteiger partial charge is 0.478 e. The van der Waals surface area contributed by atoms with E-state index < -0.39 is 16.0 Å². The Balaban J connectivity index is 1.87. The maximum absolute atomic E-state index is 12.0. The van der Waals surface area contributed by atoms with Gasteiger partial charge in [-0.05, 0) is 37.0 Å². The van der Waals surface area contributed by atoms with Crippen LogP contribution in [0.5, 0.6) is 0 Å². The van der Waals surface area contributed by atoms with Gasteiger partial charge in [-0.3, -0.25) is 0 Å². The van der Waals surface area contributed by atoms with Crippen LogP contribution in [0.1, 0.15) is 35.2 Å². The number of sulfonamides is 1. The van der Waals surface area contributed by atoms with E-state index in [2.05, 4.69) is 4.72 Å². The number of aromatic carboxylic acids is 1. The highest BCUT2D eigenvalue weighted by molar-refractivity contribution is 7.88. The first-order valence-corrected chi connectivity index (χ1v) is 8.53. The van der Waals surface area contributed by atoms with Crippen molar-refractivity contribution in [3.05, 3.63) is 35.4 Å². The summed E-state index contributed by atoms with van der Waals surface area (Å²) in [5, 5.41) is 8.89. The number of carboxylic acids is 1. The van der Waals surface area contributed by atoms with Gasteiger partial charge in [0.15, 0.2) is 0 Å². The Hall–Kier alpha value is -1.44. The van der Waals surface area contributed by atoms with Crippen LogP contribution in [0.2, 0.25) is 0 Å². The van der Waals surface area contributed by atoms with Gasteiger partial charge < -0.3 is 9.84 Å². The first kappa shape index (κ1) is 15.9. The lowest BCUT2D eigenvalue weighted by molar-refractivity contribution is 0.0696. The molecule has 1 aliphatic heterocycles. The van der Waals surface area contributed by atoms with Crippen LogP contribution in [0.15, 0.2) is 24.3 Å². The van der Waals surface area contributed by atoms with Crippen LogP contribution < -0.4 is 4.72 Å². The minimum absolute atomic E-state index is 0.0852. The molecule has 6 nitrogen and oxygen atoms in total. The van der Waals surface area contributed by atoms with Crippen molar-refractivity contribution in [1.82, 2.24) is 4.72 Å². The summed E-state index contributed by atoms with van der Waals surface area (Å²) in [5.74, 6) is -1.29. The lowest BCUT2D eigenvalue weighted by atomic mass is 10.1. The standard InChI is InChI=1S/C14H19NO5S/c16-14(17)12-4-1-3-11(9-12)10-21(18,19)15-7-6-13-5-2-8-20-13/h1,3-4,9,13,15H,2,5-8,10H2,(H,16,17). The maximum atomic E-state index is 12.0. The molecule has 1 heterocycles. The molecule has 1 fully saturated rings. The number of benzene rings is 1. The Bertz CT molecular complexity index is 593. The Morgan fingerprint density at radius 2 is 2.24 bits per heavy atom. The summed E-state index contributed by atoms with van der Waals surface area (Å²) in [4.78, 5) is 10.9. The van der Waals surface area contributed by atoms with Gasteiger partial charge in [0.1, 0.15) is 0 Å². The minimum Gasteiger partial charge on any atom is -0.478 e. The fourth-order valence-corrected chi connectivity index (χ4v) is 3.46. The molecule has 2 rings (SSSR count). The second-order valence-corrected chi connectivity index (χ2v) is 6.89. The van der Waals surface area contributed by atoms with Crippen molar-refractivity contribution in [2.24, 2.45) is 0 Å². The number of carbonyl (C=O) groups is 1. The van der Waals surface area contributed by atoms with E-state index in [4.69, 9.17) is 9.84 Å². The Kier molecular flexibility index (Phi) is 5.33. The molecule has 1 aromatic carbocycles. The SMILES string of the molecule is O=C(O)c1cccc(CS(=O)(=O)NCCC2CCCO2)c1. The third-order valence-electron chi connectivity index (χ3n) is 3.34. The van der Waals surface area contributed by atoms with E-state index in [-0.39, 0.29) is 17.4 Å². The highest BCUT2D eigenvalue weighted by Crippen LogP contribution is 2.15. The van der Waals surface area contributed by atoms with E-state index in [1.807, 2.05) is 0 Å². The molecule has 7 heteroatoms. The molecular formula is C14H19NO5S. The molecule has 1 atom stereocenters. The molecule has 1 aromatic rings. The Labute approximate surface area is 124 Å². The van der Waals surface area contributed by atoms with Crippen LogP contribution in [0, 0.1) is 0 Å². The summed E-state index contributed by atoms with van der Waals surface area (Å²) in [6, 6.07) is 5.96. The molecule has 0 amide bonds. The van der Waals surface area contributed by atoms with E-state index in [9.17, 15) is 13.2 Å². The third-order valence-corrected chi connectivity index (χ3v) is 4.70. The van der Waals surface area contributed by atoms with Crippen molar-refractivity contribution in [2.75, 3.05) is 13.2 Å². The number of nitrogens with one attached hydrogen (secondary N) is 1. The van der Waals surface area contributed by atoms with Crippen molar-refractivity contribution in [3.63, 3.8) is 0 Å². The molecule has 0 spiro atoms. The summed E-state index contributed by atoms with van der Waals surface area (Å²) in [6.45, 7) is 1.09. The molecule has 0 saturated carbocycles. The summed E-state index contributed by atoms with van der Waals surface area (Å²) in [6.07, 6.45) is 2.80. The molecule has 1 aliphatic rings. The normalized spacial score (nSPS) is 18.8. The fourth-order valence-electron chi connectivity index (χ4n) is 2.31. The second-order valence-electron chi connectivity index (χ2n) is 5.08. The van der Waals surface area contributed by atoms with Gasteiger partial charge in [0.25, 0.3) is 0 Å².